The number of hydrogen-bond donors (Lipinski definition) is 1. The number of pyridine rings is 1. The van der Waals surface area contributed by atoms with E-state index in [9.17, 15) is 9.90 Å². The van der Waals surface area contributed by atoms with Gasteiger partial charge in [0.25, 0.3) is 0 Å². The Kier molecular flexibility index (Phi) is 9.74. The van der Waals surface area contributed by atoms with E-state index in [0.717, 1.165) is 29.4 Å². The quantitative estimate of drug-likeness (QED) is 0.188. The van der Waals surface area contributed by atoms with Crippen molar-refractivity contribution >= 4 is 40.2 Å². The summed E-state index contributed by atoms with van der Waals surface area (Å²) < 4.78 is 26.4. The Labute approximate surface area is 232 Å². The van der Waals surface area contributed by atoms with Crippen LogP contribution >= 0.6 is 23.4 Å². The smallest absolute Gasteiger partial charge is 0.309 e. The number of carboxylic acids is 1. The zero-order valence-electron chi connectivity index (χ0n) is 21.8. The van der Waals surface area contributed by atoms with Gasteiger partial charge in [-0.25, -0.2) is 4.39 Å². The molecule has 0 amide bonds. The van der Waals surface area contributed by atoms with Crippen molar-refractivity contribution in [3.63, 3.8) is 0 Å². The van der Waals surface area contributed by atoms with E-state index in [-0.39, 0.29) is 17.9 Å². The van der Waals surface area contributed by atoms with Crippen molar-refractivity contribution in [2.45, 2.75) is 43.2 Å². The molecule has 1 N–H and O–H groups in total. The molecule has 3 aromatic rings. The van der Waals surface area contributed by atoms with Crippen LogP contribution in [0.5, 0.6) is 11.5 Å². The van der Waals surface area contributed by atoms with Crippen LogP contribution in [0.3, 0.4) is 0 Å². The van der Waals surface area contributed by atoms with E-state index in [1.54, 1.807) is 44.2 Å². The fourth-order valence-electron chi connectivity index (χ4n) is 5.14. The molecular formula is C29H34ClFN2O4S. The molecule has 2 aromatic carbocycles. The number of rotatable bonds is 12. The fraction of sp³-hybridized carbons (Fsp3) is 0.448. The number of halogens is 2. The van der Waals surface area contributed by atoms with Crippen LogP contribution in [0.2, 0.25) is 5.02 Å². The van der Waals surface area contributed by atoms with E-state index < -0.39 is 17.6 Å². The topological polar surface area (TPSA) is 71.9 Å². The Bertz CT molecular complexity index is 1250. The molecule has 1 aliphatic heterocycles. The van der Waals surface area contributed by atoms with Crippen LogP contribution < -0.4 is 9.47 Å². The third-order valence-corrected chi connectivity index (χ3v) is 8.91. The van der Waals surface area contributed by atoms with Crippen molar-refractivity contribution in [1.29, 1.82) is 0 Å². The predicted molar refractivity (Wildman–Crippen MR) is 150 cm³/mol. The summed E-state index contributed by atoms with van der Waals surface area (Å²) in [6.07, 6.45) is 2.40. The first-order valence-corrected chi connectivity index (χ1v) is 14.2. The van der Waals surface area contributed by atoms with Gasteiger partial charge in [0.15, 0.2) is 0 Å². The molecule has 2 heterocycles. The summed E-state index contributed by atoms with van der Waals surface area (Å²) in [6, 6.07) is 13.2. The monoisotopic (exact) mass is 560 g/mol. The van der Waals surface area contributed by atoms with Crippen LogP contribution in [0.4, 0.5) is 4.39 Å². The zero-order chi connectivity index (χ0) is 27.1. The standard InChI is InChI=1S/C29H34ClFN2O4S/c1-36-20-8-9-24-21(18-20)27(22(30)19-32-24)23(31)10-11-29(28(34)35)12-15-33(16-13-29)14-5-17-38-26-7-4-3-6-25(26)37-2/h3-4,6-9,18-19,23H,5,10-17H2,1-2H3,(H,34,35)/t23-/m0/s1. The lowest BCUT2D eigenvalue weighted by molar-refractivity contribution is -0.153. The molecule has 1 atom stereocenters. The Morgan fingerprint density at radius 2 is 1.97 bits per heavy atom. The molecule has 0 aliphatic carbocycles. The highest BCUT2D eigenvalue weighted by molar-refractivity contribution is 7.99. The summed E-state index contributed by atoms with van der Waals surface area (Å²) in [5, 5.41) is 11.0. The minimum atomic E-state index is -1.40. The van der Waals surface area contributed by atoms with E-state index in [1.807, 2.05) is 18.2 Å². The summed E-state index contributed by atoms with van der Waals surface area (Å²) in [5.74, 6) is 1.58. The highest BCUT2D eigenvalue weighted by atomic mass is 35.5. The van der Waals surface area contributed by atoms with Gasteiger partial charge >= 0.3 is 5.97 Å². The second kappa shape index (κ2) is 13.0. The van der Waals surface area contributed by atoms with Crippen LogP contribution in [0.25, 0.3) is 10.9 Å². The van der Waals surface area contributed by atoms with Gasteiger partial charge in [-0.3, -0.25) is 9.78 Å². The minimum absolute atomic E-state index is 0.0812. The van der Waals surface area contributed by atoms with E-state index in [2.05, 4.69) is 16.0 Å². The van der Waals surface area contributed by atoms with E-state index in [0.29, 0.717) is 48.1 Å². The highest BCUT2D eigenvalue weighted by Crippen LogP contribution is 2.42. The summed E-state index contributed by atoms with van der Waals surface area (Å²) in [5.41, 5.74) is 0.0408. The zero-order valence-corrected chi connectivity index (χ0v) is 23.4. The van der Waals surface area contributed by atoms with Crippen LogP contribution in [0.15, 0.2) is 53.6 Å². The SMILES string of the molecule is COc1ccc2ncc(Cl)c([C@@H](F)CCC3(C(=O)O)CCN(CCCSc4ccccc4OC)CC3)c2c1. The Morgan fingerprint density at radius 1 is 1.21 bits per heavy atom. The van der Waals surface area contributed by atoms with E-state index in [4.69, 9.17) is 21.1 Å². The Hall–Kier alpha value is -2.55. The highest BCUT2D eigenvalue weighted by Gasteiger charge is 2.41. The summed E-state index contributed by atoms with van der Waals surface area (Å²) in [7, 11) is 3.23. The van der Waals surface area contributed by atoms with Gasteiger partial charge in [0, 0.05) is 22.0 Å². The van der Waals surface area contributed by atoms with Gasteiger partial charge < -0.3 is 19.5 Å². The van der Waals surface area contributed by atoms with Gasteiger partial charge in [0.1, 0.15) is 17.7 Å². The maximum Gasteiger partial charge on any atom is 0.309 e. The number of benzene rings is 2. The molecule has 0 bridgehead atoms. The first kappa shape index (κ1) is 28.5. The molecule has 0 saturated carbocycles. The van der Waals surface area contributed by atoms with Crippen molar-refractivity contribution in [1.82, 2.24) is 9.88 Å². The molecule has 4 rings (SSSR count). The van der Waals surface area contributed by atoms with Crippen LogP contribution in [-0.2, 0) is 4.79 Å². The van der Waals surface area contributed by atoms with Crippen LogP contribution in [0.1, 0.15) is 43.8 Å². The number of carbonyl (C=O) groups is 1. The maximum absolute atomic E-state index is 15.7. The van der Waals surface area contributed by atoms with Crippen molar-refractivity contribution in [3.05, 3.63) is 59.2 Å². The average Bonchev–Trinajstić information content (AvgIpc) is 2.94. The van der Waals surface area contributed by atoms with Gasteiger partial charge in [0.05, 0.1) is 30.2 Å². The summed E-state index contributed by atoms with van der Waals surface area (Å²) in [6.45, 7) is 2.29. The second-order valence-corrected chi connectivity index (χ2v) is 11.2. The number of aliphatic carboxylic acids is 1. The first-order valence-electron chi connectivity index (χ1n) is 12.8. The number of carboxylic acid groups (broad SMARTS) is 1. The van der Waals surface area contributed by atoms with Gasteiger partial charge in [0.2, 0.25) is 0 Å². The number of para-hydroxylation sites is 1. The van der Waals surface area contributed by atoms with Gasteiger partial charge in [-0.05, 0) is 87.8 Å². The molecule has 0 unspecified atom stereocenters. The van der Waals surface area contributed by atoms with Crippen molar-refractivity contribution in [2.75, 3.05) is 39.6 Å². The number of thioether (sulfide) groups is 1. The number of likely N-dealkylation sites (tertiary alicyclic amines) is 1. The van der Waals surface area contributed by atoms with Gasteiger partial charge in [-0.1, -0.05) is 23.7 Å². The number of fused-ring (bicyclic) bond motifs is 1. The molecule has 1 aromatic heterocycles. The minimum Gasteiger partial charge on any atom is -0.497 e. The van der Waals surface area contributed by atoms with E-state index in [1.165, 1.54) is 6.20 Å². The molecule has 0 radical (unpaired) electrons. The first-order chi connectivity index (χ1) is 18.4. The number of aromatic nitrogens is 1. The molecule has 1 aliphatic rings. The second-order valence-electron chi connectivity index (χ2n) is 9.69. The molecule has 38 heavy (non-hydrogen) atoms. The van der Waals surface area contributed by atoms with Crippen molar-refractivity contribution in [3.8, 4) is 11.5 Å². The third-order valence-electron chi connectivity index (χ3n) is 7.47. The predicted octanol–water partition coefficient (Wildman–Crippen LogP) is 7.05. The lowest BCUT2D eigenvalue weighted by atomic mass is 9.74. The summed E-state index contributed by atoms with van der Waals surface area (Å²) in [4.78, 5) is 20.1. The molecule has 204 valence electrons. The van der Waals surface area contributed by atoms with Crippen LogP contribution in [-0.4, -0.2) is 60.6 Å². The normalized spacial score (nSPS) is 16.3. The molecular weight excluding hydrogens is 527 g/mol. The van der Waals surface area contributed by atoms with Crippen molar-refractivity contribution in [2.24, 2.45) is 5.41 Å². The number of nitrogens with zero attached hydrogens (tertiary/aromatic N) is 2. The van der Waals surface area contributed by atoms with E-state index >= 15 is 4.39 Å². The molecule has 0 spiro atoms. The average molecular weight is 561 g/mol. The number of alkyl halides is 1. The van der Waals surface area contributed by atoms with Gasteiger partial charge in [-0.2, -0.15) is 0 Å². The Balaban J connectivity index is 1.33. The van der Waals surface area contributed by atoms with Gasteiger partial charge in [-0.15, -0.1) is 11.8 Å². The van der Waals surface area contributed by atoms with Crippen molar-refractivity contribution < 1.29 is 23.8 Å². The lowest BCUT2D eigenvalue weighted by Crippen LogP contribution is -2.44. The Morgan fingerprint density at radius 3 is 2.68 bits per heavy atom. The number of methoxy groups -OCH3 is 2. The molecule has 9 heteroatoms. The number of hydrogen-bond acceptors (Lipinski definition) is 6. The third kappa shape index (κ3) is 6.53. The number of ether oxygens (including phenoxy) is 2. The molecule has 1 fully saturated rings. The lowest BCUT2D eigenvalue weighted by Gasteiger charge is -2.39. The maximum atomic E-state index is 15.7. The summed E-state index contributed by atoms with van der Waals surface area (Å²) >= 11 is 8.14. The number of piperidine rings is 1. The van der Waals surface area contributed by atoms with Crippen LogP contribution in [0, 0.1) is 5.41 Å². The molecule has 1 saturated heterocycles. The largest absolute Gasteiger partial charge is 0.497 e. The fourth-order valence-corrected chi connectivity index (χ4v) is 6.38. The molecule has 6 nitrogen and oxygen atoms in total.